The number of hydrogen-bond acceptors (Lipinski definition) is 2. The summed E-state index contributed by atoms with van der Waals surface area (Å²) in [6.45, 7) is 6.64. The van der Waals surface area contributed by atoms with Gasteiger partial charge in [0.25, 0.3) is 0 Å². The predicted octanol–water partition coefficient (Wildman–Crippen LogP) is 1.73. The number of nitrogens with two attached hydrogens (primary N) is 1. The Balaban J connectivity index is 2.45. The molecule has 0 spiro atoms. The van der Waals surface area contributed by atoms with Gasteiger partial charge in [-0.3, -0.25) is 4.68 Å². The Morgan fingerprint density at radius 1 is 1.50 bits per heavy atom. The van der Waals surface area contributed by atoms with Crippen LogP contribution in [0.15, 0.2) is 12.3 Å². The van der Waals surface area contributed by atoms with E-state index in [4.69, 9.17) is 5.73 Å². The van der Waals surface area contributed by atoms with Gasteiger partial charge in [0, 0.05) is 25.7 Å². The number of nitrogens with zero attached hydrogens (tertiary/aromatic N) is 2. The van der Waals surface area contributed by atoms with Crippen molar-refractivity contribution in [2.75, 3.05) is 0 Å². The molecular weight excluding hydrogens is 174 g/mol. The third kappa shape index (κ3) is 3.92. The summed E-state index contributed by atoms with van der Waals surface area (Å²) in [4.78, 5) is 0. The lowest BCUT2D eigenvalue weighted by atomic mass is 9.87. The zero-order valence-electron chi connectivity index (χ0n) is 9.62. The molecular formula is C11H21N3. The van der Waals surface area contributed by atoms with Gasteiger partial charge < -0.3 is 5.73 Å². The Hall–Kier alpha value is -0.830. The maximum absolute atomic E-state index is 6.05. The van der Waals surface area contributed by atoms with E-state index in [0.29, 0.717) is 5.41 Å². The zero-order valence-corrected chi connectivity index (χ0v) is 9.62. The van der Waals surface area contributed by atoms with E-state index in [9.17, 15) is 0 Å². The SMILES string of the molecule is Cn1ccc(CC(N)CC(C)(C)C)n1. The van der Waals surface area contributed by atoms with Gasteiger partial charge in [-0.2, -0.15) is 5.10 Å². The molecule has 0 radical (unpaired) electrons. The Bertz CT molecular complexity index is 283. The van der Waals surface area contributed by atoms with Gasteiger partial charge in [-0.1, -0.05) is 20.8 Å². The second-order valence-electron chi connectivity index (χ2n) is 5.21. The van der Waals surface area contributed by atoms with E-state index in [2.05, 4.69) is 25.9 Å². The first-order valence-corrected chi connectivity index (χ1v) is 5.11. The minimum absolute atomic E-state index is 0.213. The van der Waals surface area contributed by atoms with Gasteiger partial charge >= 0.3 is 0 Å². The molecule has 3 heteroatoms. The highest BCUT2D eigenvalue weighted by Crippen LogP contribution is 2.21. The summed E-state index contributed by atoms with van der Waals surface area (Å²) in [6.07, 6.45) is 3.86. The van der Waals surface area contributed by atoms with Crippen molar-refractivity contribution in [1.29, 1.82) is 0 Å². The van der Waals surface area contributed by atoms with E-state index >= 15 is 0 Å². The molecule has 1 heterocycles. The lowest BCUT2D eigenvalue weighted by molar-refractivity contribution is 0.337. The summed E-state index contributed by atoms with van der Waals surface area (Å²) in [6, 6.07) is 2.24. The van der Waals surface area contributed by atoms with Crippen molar-refractivity contribution in [1.82, 2.24) is 9.78 Å². The van der Waals surface area contributed by atoms with Gasteiger partial charge in [0.2, 0.25) is 0 Å². The summed E-state index contributed by atoms with van der Waals surface area (Å²) >= 11 is 0. The number of aryl methyl sites for hydroxylation is 1. The molecule has 0 bridgehead atoms. The van der Waals surface area contributed by atoms with Crippen LogP contribution in [0.25, 0.3) is 0 Å². The van der Waals surface area contributed by atoms with Crippen LogP contribution in [-0.4, -0.2) is 15.8 Å². The topological polar surface area (TPSA) is 43.8 Å². The molecule has 1 aromatic rings. The average Bonchev–Trinajstić information content (AvgIpc) is 2.30. The van der Waals surface area contributed by atoms with Crippen LogP contribution in [0, 0.1) is 5.41 Å². The van der Waals surface area contributed by atoms with E-state index in [1.807, 2.05) is 24.0 Å². The summed E-state index contributed by atoms with van der Waals surface area (Å²) in [5.41, 5.74) is 7.44. The molecule has 2 N–H and O–H groups in total. The van der Waals surface area contributed by atoms with Crippen LogP contribution < -0.4 is 5.73 Å². The summed E-state index contributed by atoms with van der Waals surface area (Å²) < 4.78 is 1.82. The molecule has 80 valence electrons. The maximum Gasteiger partial charge on any atom is 0.0639 e. The standard InChI is InChI=1S/C11H21N3/c1-11(2,3)8-9(12)7-10-5-6-14(4)13-10/h5-6,9H,7-8,12H2,1-4H3. The second-order valence-corrected chi connectivity index (χ2v) is 5.21. The molecule has 1 unspecified atom stereocenters. The summed E-state index contributed by atoms with van der Waals surface area (Å²) in [5, 5.41) is 4.32. The van der Waals surface area contributed by atoms with Crippen molar-refractivity contribution >= 4 is 0 Å². The van der Waals surface area contributed by atoms with Gasteiger partial charge in [0.15, 0.2) is 0 Å². The second kappa shape index (κ2) is 4.13. The van der Waals surface area contributed by atoms with Crippen molar-refractivity contribution < 1.29 is 0 Å². The highest BCUT2D eigenvalue weighted by molar-refractivity contribution is 5.01. The van der Waals surface area contributed by atoms with E-state index in [1.54, 1.807) is 0 Å². The van der Waals surface area contributed by atoms with E-state index < -0.39 is 0 Å². The summed E-state index contributed by atoms with van der Waals surface area (Å²) in [5.74, 6) is 0. The largest absolute Gasteiger partial charge is 0.327 e. The first-order valence-electron chi connectivity index (χ1n) is 5.11. The molecule has 1 atom stereocenters. The van der Waals surface area contributed by atoms with Crippen LogP contribution in [0.2, 0.25) is 0 Å². The fraction of sp³-hybridized carbons (Fsp3) is 0.727. The van der Waals surface area contributed by atoms with Crippen LogP contribution in [0.5, 0.6) is 0 Å². The molecule has 0 aliphatic carbocycles. The number of aromatic nitrogens is 2. The van der Waals surface area contributed by atoms with Crippen LogP contribution in [-0.2, 0) is 13.5 Å². The lowest BCUT2D eigenvalue weighted by Gasteiger charge is -2.22. The third-order valence-electron chi connectivity index (χ3n) is 2.11. The molecule has 14 heavy (non-hydrogen) atoms. The van der Waals surface area contributed by atoms with Gasteiger partial charge in [-0.05, 0) is 17.9 Å². The Morgan fingerprint density at radius 2 is 2.14 bits per heavy atom. The predicted molar refractivity (Wildman–Crippen MR) is 59.0 cm³/mol. The van der Waals surface area contributed by atoms with Crippen molar-refractivity contribution in [2.45, 2.75) is 39.7 Å². The highest BCUT2D eigenvalue weighted by atomic mass is 15.2. The van der Waals surface area contributed by atoms with Crippen LogP contribution >= 0.6 is 0 Å². The molecule has 0 amide bonds. The Kier molecular flexibility index (Phi) is 3.32. The van der Waals surface area contributed by atoms with Crippen LogP contribution in [0.4, 0.5) is 0 Å². The van der Waals surface area contributed by atoms with E-state index in [-0.39, 0.29) is 6.04 Å². The van der Waals surface area contributed by atoms with Crippen molar-refractivity contribution in [3.05, 3.63) is 18.0 Å². The smallest absolute Gasteiger partial charge is 0.0639 e. The molecule has 0 aromatic carbocycles. The van der Waals surface area contributed by atoms with Gasteiger partial charge in [-0.15, -0.1) is 0 Å². The lowest BCUT2D eigenvalue weighted by Crippen LogP contribution is -2.28. The molecule has 0 saturated heterocycles. The molecule has 0 aliphatic heterocycles. The molecule has 1 rings (SSSR count). The van der Waals surface area contributed by atoms with Gasteiger partial charge in [0.1, 0.15) is 0 Å². The van der Waals surface area contributed by atoms with Crippen molar-refractivity contribution in [2.24, 2.45) is 18.2 Å². The van der Waals surface area contributed by atoms with Crippen molar-refractivity contribution in [3.63, 3.8) is 0 Å². The van der Waals surface area contributed by atoms with Crippen LogP contribution in [0.1, 0.15) is 32.9 Å². The monoisotopic (exact) mass is 195 g/mol. The first kappa shape index (κ1) is 11.2. The highest BCUT2D eigenvalue weighted by Gasteiger charge is 2.16. The molecule has 3 nitrogen and oxygen atoms in total. The Labute approximate surface area is 86.3 Å². The first-order chi connectivity index (χ1) is 6.37. The van der Waals surface area contributed by atoms with E-state index in [1.165, 1.54) is 0 Å². The number of rotatable bonds is 3. The Morgan fingerprint density at radius 3 is 2.57 bits per heavy atom. The third-order valence-corrected chi connectivity index (χ3v) is 2.11. The molecule has 0 fully saturated rings. The van der Waals surface area contributed by atoms with Gasteiger partial charge in [-0.25, -0.2) is 0 Å². The summed E-state index contributed by atoms with van der Waals surface area (Å²) in [7, 11) is 1.93. The van der Waals surface area contributed by atoms with Gasteiger partial charge in [0.05, 0.1) is 5.69 Å². The average molecular weight is 195 g/mol. The molecule has 1 aromatic heterocycles. The molecule has 0 saturated carbocycles. The van der Waals surface area contributed by atoms with Crippen LogP contribution in [0.3, 0.4) is 0 Å². The van der Waals surface area contributed by atoms with E-state index in [0.717, 1.165) is 18.5 Å². The minimum atomic E-state index is 0.213. The quantitative estimate of drug-likeness (QED) is 0.798. The fourth-order valence-corrected chi connectivity index (χ4v) is 1.70. The maximum atomic E-state index is 6.05. The fourth-order valence-electron chi connectivity index (χ4n) is 1.70. The normalized spacial score (nSPS) is 14.4. The zero-order chi connectivity index (χ0) is 10.8. The van der Waals surface area contributed by atoms with Crippen molar-refractivity contribution in [3.8, 4) is 0 Å². The molecule has 0 aliphatic rings. The minimum Gasteiger partial charge on any atom is -0.327 e. The number of hydrogen-bond donors (Lipinski definition) is 1.